The molecule has 3 rings (SSSR count). The van der Waals surface area contributed by atoms with E-state index in [4.69, 9.17) is 28.0 Å². The van der Waals surface area contributed by atoms with Crippen LogP contribution in [0.15, 0.2) is 47.0 Å². The maximum Gasteiger partial charge on any atom is 0.173 e. The monoisotopic (exact) mass is 411 g/mol. The fourth-order valence-corrected chi connectivity index (χ4v) is 3.64. The molecular weight excluding hydrogens is 394 g/mol. The van der Waals surface area contributed by atoms with Gasteiger partial charge in [0.05, 0.1) is 15.8 Å². The van der Waals surface area contributed by atoms with Crippen LogP contribution in [-0.2, 0) is 6.42 Å². The summed E-state index contributed by atoms with van der Waals surface area (Å²) in [4.78, 5) is 14.5. The van der Waals surface area contributed by atoms with Gasteiger partial charge in [0.15, 0.2) is 5.78 Å². The van der Waals surface area contributed by atoms with E-state index < -0.39 is 0 Å². The molecule has 0 radical (unpaired) electrons. The van der Waals surface area contributed by atoms with Gasteiger partial charge in [0.2, 0.25) is 0 Å². The van der Waals surface area contributed by atoms with Crippen molar-refractivity contribution >= 4 is 34.6 Å². The minimum Gasteiger partial charge on any atom is -0.361 e. The molecule has 2 aromatic heterocycles. The number of nitrogens with zero attached hydrogens (tertiary/aromatic N) is 2. The minimum absolute atomic E-state index is 0.0359. The second kappa shape index (κ2) is 8.87. The first kappa shape index (κ1) is 19.9. The van der Waals surface area contributed by atoms with E-state index in [1.807, 2.05) is 30.3 Å². The highest BCUT2D eigenvalue weighted by atomic mass is 35.5. The Kier molecular flexibility index (Phi) is 6.30. The molecule has 0 unspecified atom stereocenters. The van der Waals surface area contributed by atoms with Gasteiger partial charge < -0.3 is 9.42 Å². The molecule has 2 heterocycles. The van der Waals surface area contributed by atoms with Crippen molar-refractivity contribution in [1.82, 2.24) is 10.1 Å². The second-order valence-corrected chi connectivity index (χ2v) is 7.91. The molecule has 0 atom stereocenters. The quantitative estimate of drug-likeness (QED) is 0.263. The normalized spacial score (nSPS) is 10.5. The van der Waals surface area contributed by atoms with Gasteiger partial charge in [-0.05, 0) is 12.1 Å². The number of carbonyl (C=O) groups is 1. The Bertz CT molecular complexity index is 1030. The molecule has 142 valence electrons. The Hall–Kier alpha value is -2.88. The van der Waals surface area contributed by atoms with E-state index >= 15 is 0 Å². The van der Waals surface area contributed by atoms with E-state index in [0.29, 0.717) is 45.9 Å². The first-order chi connectivity index (χ1) is 13.5. The number of Topliss-reactive ketones (excluding diaryl/α,β-unsaturated/α-hetero) is 1. The molecular formula is C21H18ClN3O2S. The Morgan fingerprint density at radius 1 is 1.32 bits per heavy atom. The highest BCUT2D eigenvalue weighted by Gasteiger charge is 2.13. The lowest BCUT2D eigenvalue weighted by Gasteiger charge is -2.17. The van der Waals surface area contributed by atoms with Gasteiger partial charge >= 0.3 is 0 Å². The molecule has 5 nitrogen and oxygen atoms in total. The molecule has 7 heteroatoms. The zero-order valence-corrected chi connectivity index (χ0v) is 16.8. The lowest BCUT2D eigenvalue weighted by molar-refractivity contribution is 0.0984. The number of amidine groups is 1. The molecule has 1 aromatic carbocycles. The zero-order valence-electron chi connectivity index (χ0n) is 15.2. The number of hydrogen-bond acceptors (Lipinski definition) is 5. The number of rotatable bonds is 7. The Balaban J connectivity index is 1.63. The van der Waals surface area contributed by atoms with Gasteiger partial charge in [-0.25, -0.2) is 0 Å². The van der Waals surface area contributed by atoms with Crippen molar-refractivity contribution in [2.45, 2.75) is 12.8 Å². The van der Waals surface area contributed by atoms with Gasteiger partial charge in [0.25, 0.3) is 0 Å². The van der Waals surface area contributed by atoms with Gasteiger partial charge in [-0.15, -0.1) is 17.8 Å². The summed E-state index contributed by atoms with van der Waals surface area (Å²) < 4.78 is 5.96. The van der Waals surface area contributed by atoms with Crippen LogP contribution in [0, 0.1) is 17.8 Å². The number of aryl methyl sites for hydroxylation is 1. The number of halogens is 1. The maximum absolute atomic E-state index is 12.2. The van der Waals surface area contributed by atoms with Gasteiger partial charge in [-0.3, -0.25) is 10.2 Å². The average Bonchev–Trinajstić information content (AvgIpc) is 3.35. The summed E-state index contributed by atoms with van der Waals surface area (Å²) in [5, 5.41) is 12.2. The average molecular weight is 412 g/mol. The van der Waals surface area contributed by atoms with Gasteiger partial charge in [-0.2, -0.15) is 0 Å². The van der Waals surface area contributed by atoms with Crippen molar-refractivity contribution in [2.75, 3.05) is 13.6 Å². The molecule has 0 spiro atoms. The summed E-state index contributed by atoms with van der Waals surface area (Å²) >= 11 is 7.15. The van der Waals surface area contributed by atoms with Crippen LogP contribution in [0.2, 0.25) is 4.34 Å². The summed E-state index contributed by atoms with van der Waals surface area (Å²) in [6, 6.07) is 12.8. The summed E-state index contributed by atoms with van der Waals surface area (Å²) in [5.74, 6) is 3.57. The molecule has 0 fully saturated rings. The van der Waals surface area contributed by atoms with Crippen molar-refractivity contribution in [2.24, 2.45) is 0 Å². The Labute approximate surface area is 172 Å². The van der Waals surface area contributed by atoms with Crippen LogP contribution in [-0.4, -0.2) is 35.3 Å². The third-order valence-corrected chi connectivity index (χ3v) is 5.44. The minimum atomic E-state index is 0.0359. The van der Waals surface area contributed by atoms with Crippen LogP contribution in [0.4, 0.5) is 0 Å². The molecule has 0 aliphatic carbocycles. The van der Waals surface area contributed by atoms with Crippen molar-refractivity contribution in [1.29, 1.82) is 5.41 Å². The molecule has 0 bridgehead atoms. The Morgan fingerprint density at radius 2 is 2.07 bits per heavy atom. The number of carbonyl (C=O) groups excluding carboxylic acids is 1. The van der Waals surface area contributed by atoms with E-state index in [1.165, 1.54) is 11.3 Å². The molecule has 0 amide bonds. The van der Waals surface area contributed by atoms with E-state index in [9.17, 15) is 4.79 Å². The molecule has 28 heavy (non-hydrogen) atoms. The number of ketones is 1. The van der Waals surface area contributed by atoms with Gasteiger partial charge in [0, 0.05) is 37.1 Å². The predicted molar refractivity (Wildman–Crippen MR) is 112 cm³/mol. The third kappa shape index (κ3) is 4.69. The van der Waals surface area contributed by atoms with Crippen molar-refractivity contribution < 1.29 is 9.32 Å². The van der Waals surface area contributed by atoms with Crippen LogP contribution < -0.4 is 0 Å². The van der Waals surface area contributed by atoms with Crippen LogP contribution in [0.1, 0.15) is 27.4 Å². The smallest absolute Gasteiger partial charge is 0.173 e. The number of aromatic nitrogens is 1. The topological polar surface area (TPSA) is 70.2 Å². The summed E-state index contributed by atoms with van der Waals surface area (Å²) in [5.41, 5.74) is 2.34. The van der Waals surface area contributed by atoms with Crippen LogP contribution in [0.3, 0.4) is 0 Å². The first-order valence-corrected chi connectivity index (χ1v) is 9.75. The van der Waals surface area contributed by atoms with Crippen LogP contribution >= 0.6 is 22.9 Å². The number of hydrogen-bond donors (Lipinski definition) is 1. The first-order valence-electron chi connectivity index (χ1n) is 8.56. The van der Waals surface area contributed by atoms with Crippen molar-refractivity contribution in [3.63, 3.8) is 0 Å². The highest BCUT2D eigenvalue weighted by Crippen LogP contribution is 2.24. The molecule has 0 aliphatic rings. The maximum atomic E-state index is 12.2. The van der Waals surface area contributed by atoms with E-state index in [1.54, 1.807) is 24.1 Å². The third-order valence-electron chi connectivity index (χ3n) is 4.17. The summed E-state index contributed by atoms with van der Waals surface area (Å²) in [7, 11) is 1.78. The fourth-order valence-electron chi connectivity index (χ4n) is 2.63. The fraction of sp³-hybridized carbons (Fsp3) is 0.190. The molecule has 3 aromatic rings. The van der Waals surface area contributed by atoms with Crippen molar-refractivity contribution in [3.05, 3.63) is 63.0 Å². The standard InChI is InChI=1S/C21H18ClN3O2S/c1-3-12-25(2)21(23)15-6-4-14(5-7-15)17-13-16(27-24-17)8-9-18(26)19-10-11-20(22)28-19/h1,4-7,10-11,13,23H,8-9,12H2,2H3. The number of nitrogens with one attached hydrogen (secondary N) is 1. The van der Waals surface area contributed by atoms with Crippen LogP contribution in [0.5, 0.6) is 0 Å². The lowest BCUT2D eigenvalue weighted by Crippen LogP contribution is -2.26. The lowest BCUT2D eigenvalue weighted by atomic mass is 10.1. The van der Waals surface area contributed by atoms with Crippen LogP contribution in [0.25, 0.3) is 11.3 Å². The summed E-state index contributed by atoms with van der Waals surface area (Å²) in [6.07, 6.45) is 6.10. The Morgan fingerprint density at radius 3 is 2.71 bits per heavy atom. The predicted octanol–water partition coefficient (Wildman–Crippen LogP) is 4.76. The van der Waals surface area contributed by atoms with E-state index in [-0.39, 0.29) is 5.78 Å². The molecule has 0 saturated heterocycles. The van der Waals surface area contributed by atoms with E-state index in [0.717, 1.165) is 11.1 Å². The van der Waals surface area contributed by atoms with Crippen molar-refractivity contribution in [3.8, 4) is 23.6 Å². The van der Waals surface area contributed by atoms with E-state index in [2.05, 4.69) is 11.1 Å². The highest BCUT2D eigenvalue weighted by molar-refractivity contribution is 7.18. The summed E-state index contributed by atoms with van der Waals surface area (Å²) in [6.45, 7) is 0.379. The van der Waals surface area contributed by atoms with Gasteiger partial charge in [0.1, 0.15) is 17.3 Å². The number of benzene rings is 1. The molecule has 0 aliphatic heterocycles. The SMILES string of the molecule is C#CCN(C)C(=N)c1ccc(-c2cc(CCC(=O)c3ccc(Cl)s3)on2)cc1. The van der Waals surface area contributed by atoms with Gasteiger partial charge in [-0.1, -0.05) is 46.9 Å². The molecule has 1 N–H and O–H groups in total. The second-order valence-electron chi connectivity index (χ2n) is 6.19. The number of terminal acetylenes is 1. The largest absolute Gasteiger partial charge is 0.361 e. The zero-order chi connectivity index (χ0) is 20.1. The number of thiophene rings is 1. The molecule has 0 saturated carbocycles.